The van der Waals surface area contributed by atoms with Gasteiger partial charge in [-0.25, -0.2) is 9.98 Å². The van der Waals surface area contributed by atoms with Gasteiger partial charge in [-0.1, -0.05) is 188 Å². The van der Waals surface area contributed by atoms with Gasteiger partial charge in [-0.3, -0.25) is 5.41 Å². The van der Waals surface area contributed by atoms with E-state index < -0.39 is 0 Å². The predicted molar refractivity (Wildman–Crippen MR) is 237 cm³/mol. The molecule has 0 saturated carbocycles. The van der Waals surface area contributed by atoms with Crippen molar-refractivity contribution < 1.29 is 0 Å². The molecule has 1 aliphatic carbocycles. The molecule has 0 fully saturated rings. The maximum Gasteiger partial charge on any atom is 0.161 e. The molecule has 0 spiro atoms. The number of allylic oxidation sites excluding steroid dienone is 4. The second-order valence-electron chi connectivity index (χ2n) is 14.0. The van der Waals surface area contributed by atoms with E-state index in [-0.39, 0.29) is 17.7 Å². The normalized spacial score (nSPS) is 15.9. The minimum atomic E-state index is -0.0891. The summed E-state index contributed by atoms with van der Waals surface area (Å²) < 4.78 is 0. The van der Waals surface area contributed by atoms with Gasteiger partial charge in [0, 0.05) is 39.0 Å². The highest BCUT2D eigenvalue weighted by Crippen LogP contribution is 2.59. The molecule has 7 aromatic carbocycles. The Kier molecular flexibility index (Phi) is 9.93. The number of rotatable bonds is 7. The first-order valence-corrected chi connectivity index (χ1v) is 19.8. The fourth-order valence-electron chi connectivity index (χ4n) is 7.66. The van der Waals surface area contributed by atoms with Crippen LogP contribution >= 0.6 is 11.8 Å². The van der Waals surface area contributed by atoms with Gasteiger partial charge in [0.25, 0.3) is 0 Å². The van der Waals surface area contributed by atoms with Crippen LogP contribution in [0.4, 0.5) is 0 Å². The number of nitrogens with zero attached hydrogens (tertiary/aromatic N) is 3. The van der Waals surface area contributed by atoms with Crippen LogP contribution in [-0.4, -0.2) is 17.9 Å². The van der Waals surface area contributed by atoms with Crippen LogP contribution in [0.25, 0.3) is 39.0 Å². The fourth-order valence-corrected chi connectivity index (χ4v) is 9.18. The Morgan fingerprint density at radius 1 is 0.596 bits per heavy atom. The first kappa shape index (κ1) is 35.6. The Bertz CT molecular complexity index is 2760. The molecule has 9 rings (SSSR count). The highest BCUT2D eigenvalue weighted by Gasteiger charge is 2.39. The highest BCUT2D eigenvalue weighted by atomic mass is 32.2. The number of benzene rings is 7. The van der Waals surface area contributed by atoms with Gasteiger partial charge in [-0.05, 0) is 68.3 Å². The molecule has 1 aliphatic heterocycles. The average Bonchev–Trinajstić information content (AvgIpc) is 3.68. The minimum absolute atomic E-state index is 0.00976. The predicted octanol–water partition coefficient (Wildman–Crippen LogP) is 12.9. The molecule has 2 unspecified atom stereocenters. The van der Waals surface area contributed by atoms with Gasteiger partial charge in [0.05, 0.1) is 11.6 Å². The molecule has 0 amide bonds. The Hall–Kier alpha value is -7.13. The van der Waals surface area contributed by atoms with Gasteiger partial charge in [-0.2, -0.15) is 5.26 Å². The Balaban J connectivity index is 1.19. The molecule has 0 bridgehead atoms. The lowest BCUT2D eigenvalue weighted by atomic mass is 9.78. The second kappa shape index (κ2) is 15.9. The highest BCUT2D eigenvalue weighted by molar-refractivity contribution is 8.03. The number of fused-ring (bicyclic) bond motifs is 3. The number of hydrogen-bond donors (Lipinski definition) is 1. The molecular weight excluding hydrogens is 713 g/mol. The van der Waals surface area contributed by atoms with Gasteiger partial charge in [-0.15, -0.1) is 0 Å². The van der Waals surface area contributed by atoms with Crippen LogP contribution in [0.15, 0.2) is 214 Å². The van der Waals surface area contributed by atoms with Crippen molar-refractivity contribution >= 4 is 35.2 Å². The second-order valence-corrected chi connectivity index (χ2v) is 15.0. The van der Waals surface area contributed by atoms with E-state index >= 15 is 0 Å². The lowest BCUT2D eigenvalue weighted by Crippen LogP contribution is -2.16. The molecule has 2 aliphatic rings. The third-order valence-corrected chi connectivity index (χ3v) is 11.8. The van der Waals surface area contributed by atoms with Crippen LogP contribution < -0.4 is 0 Å². The monoisotopic (exact) mass is 748 g/mol. The summed E-state index contributed by atoms with van der Waals surface area (Å²) in [4.78, 5) is 12.4. The summed E-state index contributed by atoms with van der Waals surface area (Å²) in [5, 5.41) is 18.7. The molecule has 5 heteroatoms. The van der Waals surface area contributed by atoms with Gasteiger partial charge in [0.1, 0.15) is 0 Å². The van der Waals surface area contributed by atoms with E-state index in [2.05, 4.69) is 115 Å². The van der Waals surface area contributed by atoms with Crippen LogP contribution in [0.1, 0.15) is 33.7 Å². The third kappa shape index (κ3) is 7.23. The topological polar surface area (TPSA) is 72.4 Å². The van der Waals surface area contributed by atoms with Gasteiger partial charge in [0.15, 0.2) is 11.7 Å². The van der Waals surface area contributed by atoms with E-state index in [9.17, 15) is 5.26 Å². The standard InChI is InChI=1S/C52H36N4S/c53-33-41-23-13-14-24-44(41)37-25-27-38(28-26-37)45-30-29-42(34-55-52(40-21-11-4-12-22-40)56-51(54)39-19-9-3-10-20-39)48-47-32-43(35-15-5-1-6-16-35)31-46(49(47)57-50(45)48)36-17-7-2-8-18-36/h1-32,34,42,48,54H. The van der Waals surface area contributed by atoms with E-state index in [4.69, 9.17) is 15.4 Å². The molecule has 1 N–H and O–H groups in total. The lowest BCUT2D eigenvalue weighted by molar-refractivity contribution is 0.740. The van der Waals surface area contributed by atoms with Crippen LogP contribution in [0.5, 0.6) is 0 Å². The summed E-state index contributed by atoms with van der Waals surface area (Å²) in [5.41, 5.74) is 12.5. The molecule has 0 radical (unpaired) electrons. The van der Waals surface area contributed by atoms with Crippen molar-refractivity contribution in [2.45, 2.75) is 10.8 Å². The molecule has 1 heterocycles. The maximum absolute atomic E-state index is 9.79. The van der Waals surface area contributed by atoms with Crippen molar-refractivity contribution in [3.05, 3.63) is 227 Å². The van der Waals surface area contributed by atoms with Crippen molar-refractivity contribution in [2.75, 3.05) is 0 Å². The first-order valence-electron chi connectivity index (χ1n) is 19.0. The molecule has 7 aromatic rings. The summed E-state index contributed by atoms with van der Waals surface area (Å²) in [5.74, 6) is 0.561. The zero-order chi connectivity index (χ0) is 38.6. The maximum atomic E-state index is 9.79. The van der Waals surface area contributed by atoms with Crippen molar-refractivity contribution in [2.24, 2.45) is 15.9 Å². The molecule has 0 saturated heterocycles. The quantitative estimate of drug-likeness (QED) is 0.130. The molecular formula is C52H36N4S. The Morgan fingerprint density at radius 2 is 1.18 bits per heavy atom. The van der Waals surface area contributed by atoms with Gasteiger partial charge < -0.3 is 0 Å². The molecule has 270 valence electrons. The van der Waals surface area contributed by atoms with Crippen LogP contribution in [0.3, 0.4) is 0 Å². The van der Waals surface area contributed by atoms with Crippen molar-refractivity contribution in [1.29, 1.82) is 10.7 Å². The van der Waals surface area contributed by atoms with Gasteiger partial charge >= 0.3 is 0 Å². The summed E-state index contributed by atoms with van der Waals surface area (Å²) in [6.07, 6.45) is 6.53. The van der Waals surface area contributed by atoms with E-state index in [1.165, 1.54) is 43.2 Å². The third-order valence-electron chi connectivity index (χ3n) is 10.5. The van der Waals surface area contributed by atoms with E-state index in [1.807, 2.05) is 103 Å². The van der Waals surface area contributed by atoms with Gasteiger partial charge in [0.2, 0.25) is 0 Å². The molecule has 0 aromatic heterocycles. The number of hydrogen-bond acceptors (Lipinski definition) is 3. The first-order chi connectivity index (χ1) is 28.1. The zero-order valence-electron chi connectivity index (χ0n) is 31.0. The lowest BCUT2D eigenvalue weighted by Gasteiger charge is -2.26. The summed E-state index contributed by atoms with van der Waals surface area (Å²) in [6, 6.07) is 64.2. The van der Waals surface area contributed by atoms with Crippen molar-refractivity contribution in [3.63, 3.8) is 0 Å². The van der Waals surface area contributed by atoms with Crippen molar-refractivity contribution in [1.82, 2.24) is 0 Å². The summed E-state index contributed by atoms with van der Waals surface area (Å²) in [6.45, 7) is 0. The zero-order valence-corrected chi connectivity index (χ0v) is 31.8. The summed E-state index contributed by atoms with van der Waals surface area (Å²) >= 11 is 1.86. The fraction of sp³-hybridized carbons (Fsp3) is 0.0385. The van der Waals surface area contributed by atoms with E-state index in [1.54, 1.807) is 0 Å². The molecule has 57 heavy (non-hydrogen) atoms. The largest absolute Gasteiger partial charge is 0.282 e. The molecule has 2 atom stereocenters. The Labute approximate surface area is 337 Å². The van der Waals surface area contributed by atoms with E-state index in [0.29, 0.717) is 11.4 Å². The SMILES string of the molecule is N#Cc1ccccc1-c1ccc(C2=C3Sc4c(-c5ccccc5)cc(-c5ccccc5)cc4C3C(C=NC(=NC(=N)c3ccccc3)c3ccccc3)C=C2)cc1. The smallest absolute Gasteiger partial charge is 0.161 e. The Morgan fingerprint density at radius 3 is 1.86 bits per heavy atom. The average molecular weight is 749 g/mol. The number of aliphatic imine (C=N–C) groups is 2. The van der Waals surface area contributed by atoms with Crippen LogP contribution in [-0.2, 0) is 0 Å². The minimum Gasteiger partial charge on any atom is -0.282 e. The van der Waals surface area contributed by atoms with Crippen LogP contribution in [0, 0.1) is 22.7 Å². The van der Waals surface area contributed by atoms with Crippen molar-refractivity contribution in [3.8, 4) is 39.4 Å². The number of thioether (sulfide) groups is 1. The summed E-state index contributed by atoms with van der Waals surface area (Å²) in [7, 11) is 0. The van der Waals surface area contributed by atoms with E-state index in [0.717, 1.165) is 27.8 Å². The number of nitriles is 1. The van der Waals surface area contributed by atoms with Crippen LogP contribution in [0.2, 0.25) is 0 Å². The molecule has 4 nitrogen and oxygen atoms in total. The number of nitrogens with one attached hydrogen (secondary N) is 1. The number of amidine groups is 2.